The lowest BCUT2D eigenvalue weighted by molar-refractivity contribution is 0.486. The second-order valence-electron chi connectivity index (χ2n) is 4.33. The molecule has 1 nitrogen and oxygen atoms in total. The Kier molecular flexibility index (Phi) is 5.49. The third-order valence-corrected chi connectivity index (χ3v) is 4.70. The van der Waals surface area contributed by atoms with Crippen LogP contribution in [0.4, 0.5) is 0 Å². The molecule has 0 saturated carbocycles. The van der Waals surface area contributed by atoms with E-state index in [4.69, 9.17) is 23.2 Å². The van der Waals surface area contributed by atoms with Crippen molar-refractivity contribution in [1.82, 2.24) is 5.32 Å². The van der Waals surface area contributed by atoms with E-state index in [1.165, 1.54) is 29.9 Å². The topological polar surface area (TPSA) is 12.0 Å². The van der Waals surface area contributed by atoms with Crippen LogP contribution >= 0.6 is 35.0 Å². The van der Waals surface area contributed by atoms with Crippen molar-refractivity contribution in [3.05, 3.63) is 33.8 Å². The minimum absolute atomic E-state index is 0.697. The molecule has 1 fully saturated rings. The van der Waals surface area contributed by atoms with Gasteiger partial charge < -0.3 is 5.32 Å². The summed E-state index contributed by atoms with van der Waals surface area (Å²) in [6.07, 6.45) is 3.55. The van der Waals surface area contributed by atoms with Crippen LogP contribution in [0, 0.1) is 0 Å². The Labute approximate surface area is 117 Å². The average molecular weight is 290 g/mol. The summed E-state index contributed by atoms with van der Waals surface area (Å²) in [6.45, 7) is 0.997. The van der Waals surface area contributed by atoms with Gasteiger partial charge in [-0.1, -0.05) is 29.3 Å². The standard InChI is InChI=1S/C13H17Cl2NS/c14-11-2-1-10(13(15)9-11)3-6-16-12-4-7-17-8-5-12/h1-2,9,12,16H,3-8H2. The summed E-state index contributed by atoms with van der Waals surface area (Å²) in [5, 5.41) is 5.09. The van der Waals surface area contributed by atoms with Crippen LogP contribution in [-0.2, 0) is 6.42 Å². The van der Waals surface area contributed by atoms with Gasteiger partial charge in [0.1, 0.15) is 0 Å². The zero-order valence-corrected chi connectivity index (χ0v) is 12.0. The van der Waals surface area contributed by atoms with E-state index in [1.54, 1.807) is 0 Å². The highest BCUT2D eigenvalue weighted by molar-refractivity contribution is 7.99. The van der Waals surface area contributed by atoms with E-state index < -0.39 is 0 Å². The molecule has 0 spiro atoms. The predicted octanol–water partition coefficient (Wildman–Crippen LogP) is 4.02. The molecule has 0 aliphatic carbocycles. The average Bonchev–Trinajstić information content (AvgIpc) is 2.33. The summed E-state index contributed by atoms with van der Waals surface area (Å²) in [7, 11) is 0. The van der Waals surface area contributed by atoms with Crippen molar-refractivity contribution in [3.63, 3.8) is 0 Å². The fourth-order valence-electron chi connectivity index (χ4n) is 2.04. The monoisotopic (exact) mass is 289 g/mol. The van der Waals surface area contributed by atoms with Gasteiger partial charge in [0, 0.05) is 16.1 Å². The van der Waals surface area contributed by atoms with E-state index in [9.17, 15) is 0 Å². The Morgan fingerprint density at radius 2 is 2.00 bits per heavy atom. The van der Waals surface area contributed by atoms with Crippen molar-refractivity contribution in [1.29, 1.82) is 0 Å². The smallest absolute Gasteiger partial charge is 0.0453 e. The molecule has 0 aromatic heterocycles. The maximum absolute atomic E-state index is 6.14. The molecule has 1 aromatic carbocycles. The van der Waals surface area contributed by atoms with Gasteiger partial charge in [-0.05, 0) is 55.0 Å². The largest absolute Gasteiger partial charge is 0.314 e. The molecule has 0 radical (unpaired) electrons. The zero-order valence-electron chi connectivity index (χ0n) is 9.72. The Bertz CT molecular complexity index is 364. The first kappa shape index (κ1) is 13.5. The highest BCUT2D eigenvalue weighted by Gasteiger charge is 2.12. The van der Waals surface area contributed by atoms with Crippen LogP contribution in [0.5, 0.6) is 0 Å². The molecule has 4 heteroatoms. The van der Waals surface area contributed by atoms with Gasteiger partial charge in [-0.2, -0.15) is 11.8 Å². The number of rotatable bonds is 4. The highest BCUT2D eigenvalue weighted by atomic mass is 35.5. The van der Waals surface area contributed by atoms with Crippen LogP contribution in [0.2, 0.25) is 10.0 Å². The van der Waals surface area contributed by atoms with Gasteiger partial charge in [0.2, 0.25) is 0 Å². The van der Waals surface area contributed by atoms with E-state index in [1.807, 2.05) is 18.2 Å². The van der Waals surface area contributed by atoms with Crippen LogP contribution in [-0.4, -0.2) is 24.1 Å². The Morgan fingerprint density at radius 1 is 1.24 bits per heavy atom. The Morgan fingerprint density at radius 3 is 2.71 bits per heavy atom. The number of nitrogens with one attached hydrogen (secondary N) is 1. The predicted molar refractivity (Wildman–Crippen MR) is 78.5 cm³/mol. The van der Waals surface area contributed by atoms with Crippen molar-refractivity contribution in [2.45, 2.75) is 25.3 Å². The fourth-order valence-corrected chi connectivity index (χ4v) is 3.65. The Balaban J connectivity index is 1.77. The first-order valence-corrected chi connectivity index (χ1v) is 7.92. The molecular weight excluding hydrogens is 273 g/mol. The second kappa shape index (κ2) is 6.89. The van der Waals surface area contributed by atoms with E-state index in [-0.39, 0.29) is 0 Å². The normalized spacial score (nSPS) is 17.3. The summed E-state index contributed by atoms with van der Waals surface area (Å²) in [5.74, 6) is 2.58. The molecule has 0 amide bonds. The molecule has 1 N–H and O–H groups in total. The number of hydrogen-bond donors (Lipinski definition) is 1. The Hall–Kier alpha value is 0.110. The molecule has 94 valence electrons. The van der Waals surface area contributed by atoms with Gasteiger partial charge in [0.15, 0.2) is 0 Å². The van der Waals surface area contributed by atoms with Crippen LogP contribution in [0.15, 0.2) is 18.2 Å². The first-order chi connectivity index (χ1) is 8.25. The number of benzene rings is 1. The van der Waals surface area contributed by atoms with Crippen molar-refractivity contribution < 1.29 is 0 Å². The molecule has 0 unspecified atom stereocenters. The van der Waals surface area contributed by atoms with Crippen molar-refractivity contribution >= 4 is 35.0 Å². The lowest BCUT2D eigenvalue weighted by Gasteiger charge is -2.22. The molecular formula is C13H17Cl2NS. The molecule has 1 saturated heterocycles. The maximum Gasteiger partial charge on any atom is 0.0453 e. The van der Waals surface area contributed by atoms with Gasteiger partial charge in [0.05, 0.1) is 0 Å². The number of halogens is 2. The molecule has 1 aromatic rings. The number of hydrogen-bond acceptors (Lipinski definition) is 2. The van der Waals surface area contributed by atoms with E-state index >= 15 is 0 Å². The molecule has 1 aliphatic rings. The molecule has 0 atom stereocenters. The second-order valence-corrected chi connectivity index (χ2v) is 6.39. The molecule has 2 rings (SSSR count). The van der Waals surface area contributed by atoms with Crippen LogP contribution < -0.4 is 5.32 Å². The van der Waals surface area contributed by atoms with Crippen molar-refractivity contribution in [2.24, 2.45) is 0 Å². The summed E-state index contributed by atoms with van der Waals surface area (Å²) < 4.78 is 0. The van der Waals surface area contributed by atoms with Crippen LogP contribution in [0.3, 0.4) is 0 Å². The highest BCUT2D eigenvalue weighted by Crippen LogP contribution is 2.21. The molecule has 1 heterocycles. The molecule has 1 aliphatic heterocycles. The number of thioether (sulfide) groups is 1. The van der Waals surface area contributed by atoms with Gasteiger partial charge in [0.25, 0.3) is 0 Å². The third kappa shape index (κ3) is 4.36. The van der Waals surface area contributed by atoms with E-state index in [2.05, 4.69) is 17.1 Å². The SMILES string of the molecule is Clc1ccc(CCNC2CCSCC2)c(Cl)c1. The van der Waals surface area contributed by atoms with Crippen LogP contribution in [0.25, 0.3) is 0 Å². The minimum atomic E-state index is 0.697. The summed E-state index contributed by atoms with van der Waals surface area (Å²) in [5.41, 5.74) is 1.17. The van der Waals surface area contributed by atoms with Crippen molar-refractivity contribution in [2.75, 3.05) is 18.1 Å². The summed E-state index contributed by atoms with van der Waals surface area (Å²) in [4.78, 5) is 0. The van der Waals surface area contributed by atoms with E-state index in [0.29, 0.717) is 11.1 Å². The molecule has 0 bridgehead atoms. The fraction of sp³-hybridized carbons (Fsp3) is 0.538. The van der Waals surface area contributed by atoms with Gasteiger partial charge in [-0.15, -0.1) is 0 Å². The quantitative estimate of drug-likeness (QED) is 0.899. The summed E-state index contributed by atoms with van der Waals surface area (Å²) >= 11 is 14.1. The van der Waals surface area contributed by atoms with Crippen LogP contribution in [0.1, 0.15) is 18.4 Å². The van der Waals surface area contributed by atoms with Gasteiger partial charge in [-0.25, -0.2) is 0 Å². The lowest BCUT2D eigenvalue weighted by atomic mass is 10.1. The lowest BCUT2D eigenvalue weighted by Crippen LogP contribution is -2.33. The van der Waals surface area contributed by atoms with Gasteiger partial charge >= 0.3 is 0 Å². The van der Waals surface area contributed by atoms with Crippen molar-refractivity contribution in [3.8, 4) is 0 Å². The van der Waals surface area contributed by atoms with E-state index in [0.717, 1.165) is 18.0 Å². The molecule has 17 heavy (non-hydrogen) atoms. The third-order valence-electron chi connectivity index (χ3n) is 3.06. The summed E-state index contributed by atoms with van der Waals surface area (Å²) in [6, 6.07) is 6.43. The maximum atomic E-state index is 6.14. The first-order valence-electron chi connectivity index (χ1n) is 6.01. The van der Waals surface area contributed by atoms with Gasteiger partial charge in [-0.3, -0.25) is 0 Å². The zero-order chi connectivity index (χ0) is 12.1. The minimum Gasteiger partial charge on any atom is -0.314 e.